The molecule has 0 aliphatic heterocycles. The summed E-state index contributed by atoms with van der Waals surface area (Å²) in [6.45, 7) is 4.30. The standard InChI is InChI=1S/C13H17N3O/c1-2-17-13-5-3-4-11(6-13)7-14-8-12-9-15-10-16-12/h3-6,9-10,14H,2,7-8H2,1H3,(H,15,16). The lowest BCUT2D eigenvalue weighted by molar-refractivity contribution is 0.340. The number of rotatable bonds is 6. The molecule has 0 saturated carbocycles. The molecule has 1 aromatic carbocycles. The van der Waals surface area contributed by atoms with Gasteiger partial charge in [-0.3, -0.25) is 0 Å². The third-order valence-electron chi connectivity index (χ3n) is 2.41. The Morgan fingerprint density at radius 3 is 3.06 bits per heavy atom. The molecular weight excluding hydrogens is 214 g/mol. The number of hydrogen-bond acceptors (Lipinski definition) is 3. The van der Waals surface area contributed by atoms with Gasteiger partial charge in [0.15, 0.2) is 0 Å². The van der Waals surface area contributed by atoms with Crippen molar-refractivity contribution in [3.8, 4) is 5.75 Å². The summed E-state index contributed by atoms with van der Waals surface area (Å²) in [7, 11) is 0. The van der Waals surface area contributed by atoms with Crippen LogP contribution in [0.5, 0.6) is 5.75 Å². The average Bonchev–Trinajstić information content (AvgIpc) is 2.83. The van der Waals surface area contributed by atoms with Crippen molar-refractivity contribution in [2.75, 3.05) is 6.61 Å². The van der Waals surface area contributed by atoms with E-state index >= 15 is 0 Å². The quantitative estimate of drug-likeness (QED) is 0.800. The molecule has 4 heteroatoms. The van der Waals surface area contributed by atoms with Gasteiger partial charge in [-0.2, -0.15) is 0 Å². The zero-order valence-electron chi connectivity index (χ0n) is 9.94. The van der Waals surface area contributed by atoms with E-state index in [9.17, 15) is 0 Å². The van der Waals surface area contributed by atoms with Gasteiger partial charge in [0, 0.05) is 25.0 Å². The van der Waals surface area contributed by atoms with Crippen LogP contribution < -0.4 is 10.1 Å². The van der Waals surface area contributed by atoms with E-state index in [1.165, 1.54) is 5.56 Å². The van der Waals surface area contributed by atoms with Gasteiger partial charge in [0.2, 0.25) is 0 Å². The molecule has 0 atom stereocenters. The molecular formula is C13H17N3O. The van der Waals surface area contributed by atoms with Crippen molar-refractivity contribution in [3.63, 3.8) is 0 Å². The molecule has 2 N–H and O–H groups in total. The molecule has 0 bridgehead atoms. The molecule has 1 heterocycles. The Bertz CT molecular complexity index is 440. The second kappa shape index (κ2) is 6.06. The van der Waals surface area contributed by atoms with Gasteiger partial charge in [-0.05, 0) is 24.6 Å². The van der Waals surface area contributed by atoms with Crippen molar-refractivity contribution in [3.05, 3.63) is 48.0 Å². The number of aromatic nitrogens is 2. The predicted octanol–water partition coefficient (Wildman–Crippen LogP) is 2.10. The first-order valence-electron chi connectivity index (χ1n) is 5.78. The summed E-state index contributed by atoms with van der Waals surface area (Å²) in [5.41, 5.74) is 2.31. The normalized spacial score (nSPS) is 10.4. The lowest BCUT2D eigenvalue weighted by Gasteiger charge is -2.06. The summed E-state index contributed by atoms with van der Waals surface area (Å²) in [6, 6.07) is 8.13. The van der Waals surface area contributed by atoms with Crippen LogP contribution in [-0.2, 0) is 13.1 Å². The number of ether oxygens (including phenoxy) is 1. The van der Waals surface area contributed by atoms with Gasteiger partial charge >= 0.3 is 0 Å². The maximum atomic E-state index is 5.45. The molecule has 1 aromatic heterocycles. The first-order valence-corrected chi connectivity index (χ1v) is 5.78. The summed E-state index contributed by atoms with van der Waals surface area (Å²) in [5.74, 6) is 0.924. The Labute approximate surface area is 101 Å². The van der Waals surface area contributed by atoms with Crippen molar-refractivity contribution in [1.29, 1.82) is 0 Å². The van der Waals surface area contributed by atoms with Crippen LogP contribution in [0.4, 0.5) is 0 Å². The van der Waals surface area contributed by atoms with Crippen LogP contribution in [-0.4, -0.2) is 16.6 Å². The van der Waals surface area contributed by atoms with E-state index in [0.29, 0.717) is 6.61 Å². The number of hydrogen-bond donors (Lipinski definition) is 2. The topological polar surface area (TPSA) is 49.9 Å². The van der Waals surface area contributed by atoms with E-state index in [1.807, 2.05) is 25.3 Å². The van der Waals surface area contributed by atoms with Crippen LogP contribution in [0.1, 0.15) is 18.2 Å². The minimum atomic E-state index is 0.699. The van der Waals surface area contributed by atoms with Gasteiger partial charge < -0.3 is 15.0 Å². The summed E-state index contributed by atoms with van der Waals surface area (Å²) in [4.78, 5) is 7.03. The van der Waals surface area contributed by atoms with Gasteiger partial charge in [-0.15, -0.1) is 0 Å². The molecule has 0 saturated heterocycles. The zero-order chi connectivity index (χ0) is 11.9. The molecule has 4 nitrogen and oxygen atoms in total. The Kier molecular flexibility index (Phi) is 4.16. The Morgan fingerprint density at radius 1 is 1.35 bits per heavy atom. The predicted molar refractivity (Wildman–Crippen MR) is 66.7 cm³/mol. The van der Waals surface area contributed by atoms with Crippen molar-refractivity contribution in [2.24, 2.45) is 0 Å². The fraction of sp³-hybridized carbons (Fsp3) is 0.308. The number of imidazole rings is 1. The van der Waals surface area contributed by atoms with Crippen LogP contribution in [0, 0.1) is 0 Å². The fourth-order valence-corrected chi connectivity index (χ4v) is 1.63. The maximum absolute atomic E-state index is 5.45. The van der Waals surface area contributed by atoms with E-state index in [2.05, 4.69) is 27.4 Å². The maximum Gasteiger partial charge on any atom is 0.119 e. The van der Waals surface area contributed by atoms with Gasteiger partial charge in [0.05, 0.1) is 12.9 Å². The summed E-state index contributed by atoms with van der Waals surface area (Å²) in [6.07, 6.45) is 3.51. The molecule has 0 amide bonds. The van der Waals surface area contributed by atoms with Gasteiger partial charge in [0.1, 0.15) is 5.75 Å². The lowest BCUT2D eigenvalue weighted by Crippen LogP contribution is -2.12. The van der Waals surface area contributed by atoms with E-state index in [-0.39, 0.29) is 0 Å². The third-order valence-corrected chi connectivity index (χ3v) is 2.41. The number of benzene rings is 1. The SMILES string of the molecule is CCOc1cccc(CNCc2cnc[nH]2)c1. The zero-order valence-corrected chi connectivity index (χ0v) is 9.94. The molecule has 17 heavy (non-hydrogen) atoms. The van der Waals surface area contributed by atoms with Crippen LogP contribution in [0.3, 0.4) is 0 Å². The van der Waals surface area contributed by atoms with E-state index < -0.39 is 0 Å². The van der Waals surface area contributed by atoms with Gasteiger partial charge in [0.25, 0.3) is 0 Å². The minimum absolute atomic E-state index is 0.699. The molecule has 0 spiro atoms. The second-order valence-electron chi connectivity index (χ2n) is 3.76. The summed E-state index contributed by atoms with van der Waals surface area (Å²) < 4.78 is 5.45. The number of nitrogens with zero attached hydrogens (tertiary/aromatic N) is 1. The minimum Gasteiger partial charge on any atom is -0.494 e. The average molecular weight is 231 g/mol. The summed E-state index contributed by atoms with van der Waals surface area (Å²) in [5, 5.41) is 3.35. The van der Waals surface area contributed by atoms with Crippen LogP contribution in [0.25, 0.3) is 0 Å². The van der Waals surface area contributed by atoms with Crippen molar-refractivity contribution in [2.45, 2.75) is 20.0 Å². The molecule has 0 aliphatic carbocycles. The molecule has 90 valence electrons. The second-order valence-corrected chi connectivity index (χ2v) is 3.76. The van der Waals surface area contributed by atoms with E-state index in [0.717, 1.165) is 24.5 Å². The number of aromatic amines is 1. The van der Waals surface area contributed by atoms with Crippen LogP contribution >= 0.6 is 0 Å². The highest BCUT2D eigenvalue weighted by molar-refractivity contribution is 5.28. The fourth-order valence-electron chi connectivity index (χ4n) is 1.63. The van der Waals surface area contributed by atoms with Crippen molar-refractivity contribution in [1.82, 2.24) is 15.3 Å². The highest BCUT2D eigenvalue weighted by atomic mass is 16.5. The molecule has 0 aliphatic rings. The van der Waals surface area contributed by atoms with Crippen molar-refractivity contribution < 1.29 is 4.74 Å². The first-order chi connectivity index (χ1) is 8.38. The molecule has 0 fully saturated rings. The van der Waals surface area contributed by atoms with Crippen LogP contribution in [0.15, 0.2) is 36.8 Å². The van der Waals surface area contributed by atoms with Crippen LogP contribution in [0.2, 0.25) is 0 Å². The van der Waals surface area contributed by atoms with E-state index in [1.54, 1.807) is 6.33 Å². The lowest BCUT2D eigenvalue weighted by atomic mass is 10.2. The van der Waals surface area contributed by atoms with Gasteiger partial charge in [-0.25, -0.2) is 4.98 Å². The van der Waals surface area contributed by atoms with E-state index in [4.69, 9.17) is 4.74 Å². The third kappa shape index (κ3) is 3.60. The molecule has 0 unspecified atom stereocenters. The smallest absolute Gasteiger partial charge is 0.119 e. The first kappa shape index (κ1) is 11.7. The monoisotopic (exact) mass is 231 g/mol. The van der Waals surface area contributed by atoms with Gasteiger partial charge in [-0.1, -0.05) is 12.1 Å². The molecule has 0 radical (unpaired) electrons. The van der Waals surface area contributed by atoms with Crippen molar-refractivity contribution >= 4 is 0 Å². The molecule has 2 aromatic rings. The number of H-pyrrole nitrogens is 1. The largest absolute Gasteiger partial charge is 0.494 e. The summed E-state index contributed by atoms with van der Waals surface area (Å²) >= 11 is 0. The Hall–Kier alpha value is -1.81. The Morgan fingerprint density at radius 2 is 2.29 bits per heavy atom. The highest BCUT2D eigenvalue weighted by Crippen LogP contribution is 2.13. The molecule has 2 rings (SSSR count). The Balaban J connectivity index is 1.84. The number of nitrogens with one attached hydrogen (secondary N) is 2. The highest BCUT2D eigenvalue weighted by Gasteiger charge is 1.97.